The van der Waals surface area contributed by atoms with Crippen LogP contribution >= 0.6 is 11.6 Å². The molecule has 0 atom stereocenters. The first-order valence-corrected chi connectivity index (χ1v) is 5.28. The van der Waals surface area contributed by atoms with Crippen molar-refractivity contribution in [3.05, 3.63) is 11.6 Å². The van der Waals surface area contributed by atoms with Gasteiger partial charge in [-0.15, -0.1) is 11.6 Å². The van der Waals surface area contributed by atoms with Crippen molar-refractivity contribution in [3.63, 3.8) is 0 Å². The van der Waals surface area contributed by atoms with E-state index in [-0.39, 0.29) is 5.91 Å². The Balaban J connectivity index is 0. The molecule has 0 heterocycles. The molecule has 0 fully saturated rings. The van der Waals surface area contributed by atoms with Gasteiger partial charge < -0.3 is 10.6 Å². The van der Waals surface area contributed by atoms with Crippen LogP contribution in [0.4, 0.5) is 0 Å². The van der Waals surface area contributed by atoms with Gasteiger partial charge in [-0.1, -0.05) is 6.08 Å². The summed E-state index contributed by atoms with van der Waals surface area (Å²) in [6.45, 7) is 2.79. The first kappa shape index (κ1) is 15.9. The third-order valence-electron chi connectivity index (χ3n) is 1.65. The number of rotatable bonds is 5. The molecule has 0 aliphatic rings. The van der Waals surface area contributed by atoms with Crippen LogP contribution in [0.5, 0.6) is 0 Å². The molecule has 0 radical (unpaired) electrons. The van der Waals surface area contributed by atoms with E-state index in [4.69, 9.17) is 5.73 Å². The lowest BCUT2D eigenvalue weighted by Gasteiger charge is -2.06. The zero-order valence-electron chi connectivity index (χ0n) is 9.51. The van der Waals surface area contributed by atoms with Gasteiger partial charge in [-0.05, 0) is 40.4 Å². The highest BCUT2D eigenvalue weighted by atomic mass is 35.5. The molecule has 14 heavy (non-hydrogen) atoms. The Morgan fingerprint density at radius 2 is 1.93 bits per heavy atom. The number of primary amides is 1. The minimum absolute atomic E-state index is 0.320. The Labute approximate surface area is 91.9 Å². The lowest BCUT2D eigenvalue weighted by molar-refractivity contribution is -0.114. The monoisotopic (exact) mass is 220 g/mol. The molecule has 1 amide bonds. The van der Waals surface area contributed by atoms with E-state index in [9.17, 15) is 4.79 Å². The number of halogens is 1. The number of nitrogens with two attached hydrogens (primary N) is 1. The first-order valence-electron chi connectivity index (χ1n) is 4.53. The smallest absolute Gasteiger partial charge is 0.244 e. The van der Waals surface area contributed by atoms with Gasteiger partial charge in [-0.3, -0.25) is 4.79 Å². The minimum Gasteiger partial charge on any atom is -0.366 e. The van der Waals surface area contributed by atoms with E-state index >= 15 is 0 Å². The quantitative estimate of drug-likeness (QED) is 0.435. The highest BCUT2D eigenvalue weighted by Gasteiger charge is 1.95. The van der Waals surface area contributed by atoms with E-state index in [1.54, 1.807) is 6.92 Å². The Hall–Kier alpha value is -0.540. The summed E-state index contributed by atoms with van der Waals surface area (Å²) >= 11 is 4.64. The second kappa shape index (κ2) is 10.5. The van der Waals surface area contributed by atoms with Gasteiger partial charge >= 0.3 is 0 Å². The zero-order valence-corrected chi connectivity index (χ0v) is 10.3. The number of allylic oxidation sites excluding steroid dienone is 1. The molecule has 0 aromatic rings. The average Bonchev–Trinajstić information content (AvgIpc) is 2.15. The van der Waals surface area contributed by atoms with Crippen LogP contribution < -0.4 is 5.73 Å². The van der Waals surface area contributed by atoms with Crippen LogP contribution in [0, 0.1) is 0 Å². The molecule has 84 valence electrons. The second-order valence-electron chi connectivity index (χ2n) is 3.20. The summed E-state index contributed by atoms with van der Waals surface area (Å²) in [5.41, 5.74) is 5.72. The van der Waals surface area contributed by atoms with Crippen molar-refractivity contribution in [2.75, 3.05) is 27.0 Å². The van der Waals surface area contributed by atoms with Crippen molar-refractivity contribution < 1.29 is 4.79 Å². The van der Waals surface area contributed by atoms with Crippen LogP contribution in [0.1, 0.15) is 19.8 Å². The van der Waals surface area contributed by atoms with Crippen molar-refractivity contribution in [2.45, 2.75) is 19.8 Å². The number of nitrogens with zero attached hydrogens (tertiary/aromatic N) is 1. The summed E-state index contributed by atoms with van der Waals surface area (Å²) in [6, 6.07) is 0. The van der Waals surface area contributed by atoms with Gasteiger partial charge in [0, 0.05) is 12.0 Å². The van der Waals surface area contributed by atoms with E-state index < -0.39 is 0 Å². The zero-order chi connectivity index (χ0) is 11.6. The standard InChI is InChI=1S/C9H18N2O.CH3Cl/c1-8(9(10)12)6-4-5-7-11(2)3;1-2/h6H,4-5,7H2,1-3H3,(H2,10,12);1H3. The Kier molecular flexibility index (Phi) is 12.0. The summed E-state index contributed by atoms with van der Waals surface area (Å²) in [7, 11) is 4.06. The highest BCUT2D eigenvalue weighted by Crippen LogP contribution is 1.97. The maximum absolute atomic E-state index is 10.6. The molecule has 4 heteroatoms. The molecule has 0 saturated carbocycles. The molecule has 0 aliphatic carbocycles. The summed E-state index contributed by atoms with van der Waals surface area (Å²) in [5, 5.41) is 0. The molecule has 0 spiro atoms. The van der Waals surface area contributed by atoms with Gasteiger partial charge in [0.25, 0.3) is 0 Å². The van der Waals surface area contributed by atoms with E-state index in [1.165, 1.54) is 6.38 Å². The molecule has 0 bridgehead atoms. The van der Waals surface area contributed by atoms with Crippen LogP contribution in [0.2, 0.25) is 0 Å². The molecule has 3 nitrogen and oxygen atoms in total. The van der Waals surface area contributed by atoms with Crippen LogP contribution in [0.15, 0.2) is 11.6 Å². The SMILES string of the molecule is CC(=CCCCN(C)C)C(N)=O.CCl. The molecule has 0 aromatic carbocycles. The van der Waals surface area contributed by atoms with Crippen LogP contribution in [-0.2, 0) is 4.79 Å². The summed E-state index contributed by atoms with van der Waals surface area (Å²) < 4.78 is 0. The van der Waals surface area contributed by atoms with Gasteiger partial charge in [-0.2, -0.15) is 0 Å². The first-order chi connectivity index (χ1) is 6.54. The Morgan fingerprint density at radius 1 is 1.43 bits per heavy atom. The van der Waals surface area contributed by atoms with E-state index in [0.717, 1.165) is 19.4 Å². The third-order valence-corrected chi connectivity index (χ3v) is 1.65. The van der Waals surface area contributed by atoms with Gasteiger partial charge in [0.2, 0.25) is 5.91 Å². The van der Waals surface area contributed by atoms with Crippen LogP contribution in [0.3, 0.4) is 0 Å². The van der Waals surface area contributed by atoms with Crippen molar-refractivity contribution in [1.82, 2.24) is 4.90 Å². The lowest BCUT2D eigenvalue weighted by atomic mass is 10.2. The number of hydrogen-bond acceptors (Lipinski definition) is 2. The van der Waals surface area contributed by atoms with Crippen LogP contribution in [0.25, 0.3) is 0 Å². The molecule has 0 aromatic heterocycles. The predicted octanol–water partition coefficient (Wildman–Crippen LogP) is 1.61. The summed E-state index contributed by atoms with van der Waals surface area (Å²) in [6.07, 6.45) is 5.36. The maximum Gasteiger partial charge on any atom is 0.244 e. The van der Waals surface area contributed by atoms with E-state index in [1.807, 2.05) is 20.2 Å². The molecule has 0 rings (SSSR count). The molecular formula is C10H21ClN2O. The molecule has 0 unspecified atom stereocenters. The fourth-order valence-electron chi connectivity index (χ4n) is 0.827. The number of carbonyl (C=O) groups is 1. The number of amides is 1. The van der Waals surface area contributed by atoms with Gasteiger partial charge in [0.15, 0.2) is 0 Å². The van der Waals surface area contributed by atoms with Crippen molar-refractivity contribution in [1.29, 1.82) is 0 Å². The molecule has 0 aliphatic heterocycles. The second-order valence-corrected chi connectivity index (χ2v) is 3.20. The van der Waals surface area contributed by atoms with Crippen molar-refractivity contribution >= 4 is 17.5 Å². The van der Waals surface area contributed by atoms with E-state index in [2.05, 4.69) is 16.5 Å². The topological polar surface area (TPSA) is 46.3 Å². The van der Waals surface area contributed by atoms with Gasteiger partial charge in [0.05, 0.1) is 0 Å². The molecular weight excluding hydrogens is 200 g/mol. The number of hydrogen-bond donors (Lipinski definition) is 1. The van der Waals surface area contributed by atoms with Gasteiger partial charge in [0.1, 0.15) is 0 Å². The van der Waals surface area contributed by atoms with Crippen molar-refractivity contribution in [3.8, 4) is 0 Å². The minimum atomic E-state index is -0.320. The number of unbranched alkanes of at least 4 members (excludes halogenated alkanes) is 1. The maximum atomic E-state index is 10.6. The molecule has 2 N–H and O–H groups in total. The summed E-state index contributed by atoms with van der Waals surface area (Å²) in [5.74, 6) is -0.320. The fourth-order valence-corrected chi connectivity index (χ4v) is 0.827. The van der Waals surface area contributed by atoms with Gasteiger partial charge in [-0.25, -0.2) is 0 Å². The van der Waals surface area contributed by atoms with E-state index in [0.29, 0.717) is 5.57 Å². The normalized spacial score (nSPS) is 10.9. The predicted molar refractivity (Wildman–Crippen MR) is 62.5 cm³/mol. The average molecular weight is 221 g/mol. The molecule has 0 saturated heterocycles. The highest BCUT2D eigenvalue weighted by molar-refractivity contribution is 6.15. The number of carbonyl (C=O) groups excluding carboxylic acids is 1. The summed E-state index contributed by atoms with van der Waals surface area (Å²) in [4.78, 5) is 12.7. The lowest BCUT2D eigenvalue weighted by Crippen LogP contribution is -2.13. The Morgan fingerprint density at radius 3 is 2.29 bits per heavy atom. The van der Waals surface area contributed by atoms with Crippen molar-refractivity contribution in [2.24, 2.45) is 5.73 Å². The van der Waals surface area contributed by atoms with Crippen LogP contribution in [-0.4, -0.2) is 37.8 Å². The Bertz CT molecular complexity index is 179. The number of alkyl halides is 1. The largest absolute Gasteiger partial charge is 0.366 e. The third kappa shape index (κ3) is 11.5. The fraction of sp³-hybridized carbons (Fsp3) is 0.700.